The molecule has 2 rings (SSSR count). The smallest absolute Gasteiger partial charge is 0.340 e. The molecule has 120 valence electrons. The Morgan fingerprint density at radius 2 is 2.00 bits per heavy atom. The van der Waals surface area contributed by atoms with Crippen LogP contribution in [0.15, 0.2) is 41.1 Å². The summed E-state index contributed by atoms with van der Waals surface area (Å²) in [6.45, 7) is -0.658. The van der Waals surface area contributed by atoms with E-state index >= 15 is 0 Å². The number of ether oxygens (including phenoxy) is 1. The number of aromatic nitrogens is 1. The molecule has 1 amide bonds. The van der Waals surface area contributed by atoms with Gasteiger partial charge in [-0.1, -0.05) is 6.07 Å². The van der Waals surface area contributed by atoms with E-state index in [1.54, 1.807) is 0 Å². The minimum Gasteiger partial charge on any atom is -0.452 e. The van der Waals surface area contributed by atoms with E-state index in [0.717, 1.165) is 12.1 Å². The van der Waals surface area contributed by atoms with Crippen LogP contribution in [0.2, 0.25) is 0 Å². The van der Waals surface area contributed by atoms with E-state index in [0.29, 0.717) is 4.47 Å². The Balaban J connectivity index is 1.82. The van der Waals surface area contributed by atoms with Crippen molar-refractivity contribution in [2.75, 3.05) is 6.61 Å². The third-order valence-electron chi connectivity index (χ3n) is 2.77. The first-order valence-corrected chi connectivity index (χ1v) is 7.23. The summed E-state index contributed by atoms with van der Waals surface area (Å²) in [5, 5.41) is 2.37. The highest BCUT2D eigenvalue weighted by atomic mass is 79.9. The molecule has 0 aliphatic carbocycles. The van der Waals surface area contributed by atoms with E-state index in [1.165, 1.54) is 24.5 Å². The van der Waals surface area contributed by atoms with E-state index in [9.17, 15) is 18.4 Å². The molecule has 0 fully saturated rings. The molecule has 1 aromatic carbocycles. The lowest BCUT2D eigenvalue weighted by Crippen LogP contribution is -2.28. The third-order valence-corrected chi connectivity index (χ3v) is 3.20. The minimum atomic E-state index is -0.762. The van der Waals surface area contributed by atoms with Crippen molar-refractivity contribution >= 4 is 27.8 Å². The molecule has 0 aliphatic rings. The molecule has 0 radical (unpaired) electrons. The molecule has 1 heterocycles. The van der Waals surface area contributed by atoms with Gasteiger partial charge in [-0.15, -0.1) is 0 Å². The summed E-state index contributed by atoms with van der Waals surface area (Å²) in [6.07, 6.45) is 2.81. The van der Waals surface area contributed by atoms with Crippen LogP contribution in [0.25, 0.3) is 0 Å². The Labute approximate surface area is 138 Å². The van der Waals surface area contributed by atoms with Crippen molar-refractivity contribution in [1.82, 2.24) is 10.3 Å². The van der Waals surface area contributed by atoms with Crippen LogP contribution in [0, 0.1) is 11.6 Å². The number of hydrogen-bond acceptors (Lipinski definition) is 4. The standard InChI is InChI=1S/C15H11BrF2N2O3/c16-11-3-10(5-19-7-11)15(22)23-8-14(21)20-6-9-1-2-12(17)4-13(9)18/h1-5,7H,6,8H2,(H,20,21). The minimum absolute atomic E-state index is 0.127. The van der Waals surface area contributed by atoms with Crippen molar-refractivity contribution in [3.8, 4) is 0 Å². The summed E-state index contributed by atoms with van der Waals surface area (Å²) < 4.78 is 31.6. The van der Waals surface area contributed by atoms with Crippen molar-refractivity contribution in [1.29, 1.82) is 0 Å². The molecule has 1 aromatic heterocycles. The molecular formula is C15H11BrF2N2O3. The quantitative estimate of drug-likeness (QED) is 0.804. The van der Waals surface area contributed by atoms with Gasteiger partial charge < -0.3 is 10.1 Å². The van der Waals surface area contributed by atoms with Crippen LogP contribution in [-0.2, 0) is 16.1 Å². The average Bonchev–Trinajstić information content (AvgIpc) is 2.51. The molecule has 2 aromatic rings. The van der Waals surface area contributed by atoms with Crippen LogP contribution >= 0.6 is 15.9 Å². The zero-order valence-electron chi connectivity index (χ0n) is 11.7. The summed E-state index contributed by atoms with van der Waals surface area (Å²) in [6, 6.07) is 4.54. The number of esters is 1. The number of carbonyl (C=O) groups is 2. The maximum Gasteiger partial charge on any atom is 0.340 e. The van der Waals surface area contributed by atoms with Crippen LogP contribution in [0.4, 0.5) is 8.78 Å². The van der Waals surface area contributed by atoms with Crippen LogP contribution in [0.1, 0.15) is 15.9 Å². The van der Waals surface area contributed by atoms with Gasteiger partial charge in [0.05, 0.1) is 5.56 Å². The van der Waals surface area contributed by atoms with Gasteiger partial charge in [-0.25, -0.2) is 13.6 Å². The monoisotopic (exact) mass is 384 g/mol. The Bertz CT molecular complexity index is 740. The number of nitrogens with zero attached hydrogens (tertiary/aromatic N) is 1. The first-order chi connectivity index (χ1) is 11.0. The Morgan fingerprint density at radius 3 is 2.70 bits per heavy atom. The van der Waals surface area contributed by atoms with Crippen molar-refractivity contribution in [3.05, 3.63) is 63.9 Å². The number of nitrogens with one attached hydrogen (secondary N) is 1. The van der Waals surface area contributed by atoms with E-state index in [4.69, 9.17) is 4.74 Å². The number of carbonyl (C=O) groups excluding carboxylic acids is 2. The Hall–Kier alpha value is -2.35. The van der Waals surface area contributed by atoms with Gasteiger partial charge in [0.15, 0.2) is 6.61 Å². The largest absolute Gasteiger partial charge is 0.452 e. The van der Waals surface area contributed by atoms with E-state index in [-0.39, 0.29) is 17.7 Å². The molecule has 0 unspecified atom stereocenters. The molecule has 0 spiro atoms. The van der Waals surface area contributed by atoms with Crippen molar-refractivity contribution in [2.45, 2.75) is 6.54 Å². The molecule has 23 heavy (non-hydrogen) atoms. The van der Waals surface area contributed by atoms with Crippen LogP contribution in [0.3, 0.4) is 0 Å². The highest BCUT2D eigenvalue weighted by Gasteiger charge is 2.11. The molecular weight excluding hydrogens is 374 g/mol. The second kappa shape index (κ2) is 7.77. The summed E-state index contributed by atoms with van der Waals surface area (Å²) in [7, 11) is 0. The molecule has 5 nitrogen and oxygen atoms in total. The SMILES string of the molecule is O=C(COC(=O)c1cncc(Br)c1)NCc1ccc(F)cc1F. The predicted octanol–water partition coefficient (Wildman–Crippen LogP) is 2.60. The van der Waals surface area contributed by atoms with Gasteiger partial charge >= 0.3 is 5.97 Å². The molecule has 0 aliphatic heterocycles. The Morgan fingerprint density at radius 1 is 1.22 bits per heavy atom. The van der Waals surface area contributed by atoms with Crippen molar-refractivity contribution < 1.29 is 23.1 Å². The number of rotatable bonds is 5. The highest BCUT2D eigenvalue weighted by molar-refractivity contribution is 9.10. The lowest BCUT2D eigenvalue weighted by atomic mass is 10.2. The van der Waals surface area contributed by atoms with Gasteiger partial charge in [-0.2, -0.15) is 0 Å². The molecule has 8 heteroatoms. The van der Waals surface area contributed by atoms with Crippen LogP contribution < -0.4 is 5.32 Å². The van der Waals surface area contributed by atoms with Gasteiger partial charge in [0.1, 0.15) is 11.6 Å². The van der Waals surface area contributed by atoms with Crippen LogP contribution in [-0.4, -0.2) is 23.5 Å². The van der Waals surface area contributed by atoms with Crippen LogP contribution in [0.5, 0.6) is 0 Å². The first kappa shape index (κ1) is 17.0. The predicted molar refractivity (Wildman–Crippen MR) is 80.4 cm³/mol. The maximum atomic E-state index is 13.4. The van der Waals surface area contributed by atoms with Gasteiger partial charge in [0, 0.05) is 35.0 Å². The summed E-state index contributed by atoms with van der Waals surface area (Å²) >= 11 is 3.16. The lowest BCUT2D eigenvalue weighted by Gasteiger charge is -2.07. The highest BCUT2D eigenvalue weighted by Crippen LogP contribution is 2.11. The van der Waals surface area contributed by atoms with Crippen molar-refractivity contribution in [2.24, 2.45) is 0 Å². The fourth-order valence-corrected chi connectivity index (χ4v) is 2.01. The third kappa shape index (κ3) is 5.10. The lowest BCUT2D eigenvalue weighted by molar-refractivity contribution is -0.124. The zero-order chi connectivity index (χ0) is 16.8. The maximum absolute atomic E-state index is 13.4. The molecule has 0 saturated carbocycles. The van der Waals surface area contributed by atoms with Crippen molar-refractivity contribution in [3.63, 3.8) is 0 Å². The average molecular weight is 385 g/mol. The Kier molecular flexibility index (Phi) is 5.75. The summed E-state index contributed by atoms with van der Waals surface area (Å²) in [5.41, 5.74) is 0.319. The topological polar surface area (TPSA) is 68.3 Å². The molecule has 0 saturated heterocycles. The van der Waals surface area contributed by atoms with E-state index in [1.807, 2.05) is 0 Å². The second-order valence-electron chi connectivity index (χ2n) is 4.48. The summed E-state index contributed by atoms with van der Waals surface area (Å²) in [5.74, 6) is -2.77. The van der Waals surface area contributed by atoms with Gasteiger partial charge in [0.25, 0.3) is 5.91 Å². The number of benzene rings is 1. The number of halogens is 3. The van der Waals surface area contributed by atoms with Gasteiger partial charge in [-0.05, 0) is 28.1 Å². The first-order valence-electron chi connectivity index (χ1n) is 6.44. The fraction of sp³-hybridized carbons (Fsp3) is 0.133. The van der Waals surface area contributed by atoms with Gasteiger partial charge in [-0.3, -0.25) is 9.78 Å². The normalized spacial score (nSPS) is 10.2. The number of pyridine rings is 1. The second-order valence-corrected chi connectivity index (χ2v) is 5.40. The number of amides is 1. The molecule has 0 bridgehead atoms. The van der Waals surface area contributed by atoms with E-state index in [2.05, 4.69) is 26.2 Å². The molecule has 0 atom stereocenters. The number of hydrogen-bond donors (Lipinski definition) is 1. The summed E-state index contributed by atoms with van der Waals surface area (Å²) in [4.78, 5) is 27.1. The van der Waals surface area contributed by atoms with E-state index < -0.39 is 30.1 Å². The molecule has 1 N–H and O–H groups in total. The zero-order valence-corrected chi connectivity index (χ0v) is 13.3. The van der Waals surface area contributed by atoms with Gasteiger partial charge in [0.2, 0.25) is 0 Å². The fourth-order valence-electron chi connectivity index (χ4n) is 1.65.